The number of ether oxygens (including phenoxy) is 2. The summed E-state index contributed by atoms with van der Waals surface area (Å²) < 4.78 is 16.8. The maximum Gasteiger partial charge on any atom is 0.200 e. The van der Waals surface area contributed by atoms with E-state index in [1.54, 1.807) is 19.2 Å². The number of rotatable bonds is 8. The third kappa shape index (κ3) is 4.85. The van der Waals surface area contributed by atoms with E-state index in [9.17, 15) is 4.79 Å². The van der Waals surface area contributed by atoms with E-state index < -0.39 is 0 Å². The van der Waals surface area contributed by atoms with Crippen molar-refractivity contribution in [2.75, 3.05) is 33.4 Å². The van der Waals surface area contributed by atoms with Gasteiger partial charge in [0.05, 0.1) is 24.7 Å². The van der Waals surface area contributed by atoms with Gasteiger partial charge in [0, 0.05) is 6.07 Å². The van der Waals surface area contributed by atoms with Crippen molar-refractivity contribution in [3.63, 3.8) is 0 Å². The van der Waals surface area contributed by atoms with Crippen LogP contribution in [0.15, 0.2) is 57.9 Å². The van der Waals surface area contributed by atoms with Crippen molar-refractivity contribution in [3.05, 3.63) is 59.0 Å². The number of hydrogen-bond donors (Lipinski definition) is 0. The Morgan fingerprint density at radius 2 is 1.73 bits per heavy atom. The second-order valence-electron chi connectivity index (χ2n) is 7.82. The SMILES string of the molecule is COc1ccc(-c2coc3cc(OCCCCN4CCCCC4)ccc3c2=O)cc1. The van der Waals surface area contributed by atoms with E-state index in [1.165, 1.54) is 38.6 Å². The lowest BCUT2D eigenvalue weighted by molar-refractivity contribution is 0.216. The molecule has 5 heteroatoms. The van der Waals surface area contributed by atoms with Crippen LogP contribution >= 0.6 is 0 Å². The highest BCUT2D eigenvalue weighted by Crippen LogP contribution is 2.24. The van der Waals surface area contributed by atoms with E-state index in [0.717, 1.165) is 36.4 Å². The van der Waals surface area contributed by atoms with Crippen LogP contribution in [0.25, 0.3) is 22.1 Å². The molecule has 3 aromatic rings. The molecule has 2 heterocycles. The van der Waals surface area contributed by atoms with E-state index in [1.807, 2.05) is 30.3 Å². The first-order chi connectivity index (χ1) is 14.7. The second-order valence-corrected chi connectivity index (χ2v) is 7.82. The maximum absolute atomic E-state index is 12.9. The lowest BCUT2D eigenvalue weighted by Gasteiger charge is -2.26. The fourth-order valence-electron chi connectivity index (χ4n) is 3.98. The first kappa shape index (κ1) is 20.5. The highest BCUT2D eigenvalue weighted by molar-refractivity contribution is 5.82. The summed E-state index contributed by atoms with van der Waals surface area (Å²) >= 11 is 0. The molecule has 4 rings (SSSR count). The number of likely N-dealkylation sites (tertiary alicyclic amines) is 1. The first-order valence-electron chi connectivity index (χ1n) is 10.8. The van der Waals surface area contributed by atoms with Crippen LogP contribution in [0, 0.1) is 0 Å². The highest BCUT2D eigenvalue weighted by atomic mass is 16.5. The predicted molar refractivity (Wildman–Crippen MR) is 119 cm³/mol. The lowest BCUT2D eigenvalue weighted by atomic mass is 10.1. The summed E-state index contributed by atoms with van der Waals surface area (Å²) in [6.45, 7) is 4.31. The predicted octanol–water partition coefficient (Wildman–Crippen LogP) is 5.11. The summed E-state index contributed by atoms with van der Waals surface area (Å²) in [5, 5.41) is 0.556. The van der Waals surface area contributed by atoms with Gasteiger partial charge in [-0.1, -0.05) is 18.6 Å². The molecule has 0 atom stereocenters. The Labute approximate surface area is 177 Å². The highest BCUT2D eigenvalue weighted by Gasteiger charge is 2.11. The van der Waals surface area contributed by atoms with Gasteiger partial charge in [0.1, 0.15) is 23.3 Å². The molecule has 1 fully saturated rings. The molecule has 0 saturated carbocycles. The lowest BCUT2D eigenvalue weighted by Crippen LogP contribution is -2.30. The van der Waals surface area contributed by atoms with Gasteiger partial charge in [-0.25, -0.2) is 0 Å². The summed E-state index contributed by atoms with van der Waals surface area (Å²) in [5.41, 5.74) is 1.84. The maximum atomic E-state index is 12.9. The molecule has 0 aliphatic carbocycles. The Bertz CT molecular complexity index is 1020. The minimum absolute atomic E-state index is 0.0468. The number of hydrogen-bond acceptors (Lipinski definition) is 5. The van der Waals surface area contributed by atoms with E-state index in [0.29, 0.717) is 23.1 Å². The molecule has 2 aromatic carbocycles. The zero-order chi connectivity index (χ0) is 20.8. The smallest absolute Gasteiger partial charge is 0.200 e. The van der Waals surface area contributed by atoms with Crippen molar-refractivity contribution in [1.29, 1.82) is 0 Å². The summed E-state index contributed by atoms with van der Waals surface area (Å²) in [4.78, 5) is 15.5. The molecule has 0 unspecified atom stereocenters. The largest absolute Gasteiger partial charge is 0.497 e. The Balaban J connectivity index is 1.37. The Morgan fingerprint density at radius 3 is 2.50 bits per heavy atom. The standard InChI is InChI=1S/C25H29NO4/c1-28-20-9-7-19(8-10-20)23-18-30-24-17-21(11-12-22(24)25(23)27)29-16-6-5-15-26-13-3-2-4-14-26/h7-12,17-18H,2-6,13-16H2,1H3. The van der Waals surface area contributed by atoms with Crippen molar-refractivity contribution in [3.8, 4) is 22.6 Å². The minimum atomic E-state index is -0.0468. The average molecular weight is 408 g/mol. The van der Waals surface area contributed by atoms with Gasteiger partial charge in [-0.15, -0.1) is 0 Å². The molecule has 0 bridgehead atoms. The number of unbranched alkanes of at least 4 members (excludes halogenated alkanes) is 1. The van der Waals surface area contributed by atoms with Crippen LogP contribution in [-0.4, -0.2) is 38.3 Å². The summed E-state index contributed by atoms with van der Waals surface area (Å²) in [6, 6.07) is 12.8. The number of piperidine rings is 1. The van der Waals surface area contributed by atoms with Crippen molar-refractivity contribution in [2.45, 2.75) is 32.1 Å². The van der Waals surface area contributed by atoms with Gasteiger partial charge in [-0.3, -0.25) is 4.79 Å². The van der Waals surface area contributed by atoms with Gasteiger partial charge >= 0.3 is 0 Å². The van der Waals surface area contributed by atoms with Crippen molar-refractivity contribution < 1.29 is 13.9 Å². The fraction of sp³-hybridized carbons (Fsp3) is 0.400. The van der Waals surface area contributed by atoms with Gasteiger partial charge in [-0.05, 0) is 75.1 Å². The van der Waals surface area contributed by atoms with Crippen LogP contribution in [0.5, 0.6) is 11.5 Å². The molecule has 1 aliphatic heterocycles. The molecule has 0 amide bonds. The number of fused-ring (bicyclic) bond motifs is 1. The molecule has 0 spiro atoms. The molecule has 1 aromatic heterocycles. The van der Waals surface area contributed by atoms with Crippen molar-refractivity contribution in [1.82, 2.24) is 4.90 Å². The molecule has 5 nitrogen and oxygen atoms in total. The molecule has 158 valence electrons. The summed E-state index contributed by atoms with van der Waals surface area (Å²) in [5.74, 6) is 1.49. The van der Waals surface area contributed by atoms with E-state index in [4.69, 9.17) is 13.9 Å². The zero-order valence-corrected chi connectivity index (χ0v) is 17.6. The molecule has 30 heavy (non-hydrogen) atoms. The van der Waals surface area contributed by atoms with Gasteiger partial charge in [0.15, 0.2) is 5.43 Å². The normalized spacial score (nSPS) is 14.7. The Morgan fingerprint density at radius 1 is 0.967 bits per heavy atom. The van der Waals surface area contributed by atoms with Crippen LogP contribution in [0.2, 0.25) is 0 Å². The Hall–Kier alpha value is -2.79. The van der Waals surface area contributed by atoms with Crippen LogP contribution in [0.4, 0.5) is 0 Å². The molecular formula is C25H29NO4. The fourth-order valence-corrected chi connectivity index (χ4v) is 3.98. The van der Waals surface area contributed by atoms with E-state index in [2.05, 4.69) is 4.90 Å². The first-order valence-corrected chi connectivity index (χ1v) is 10.8. The molecular weight excluding hydrogens is 378 g/mol. The summed E-state index contributed by atoms with van der Waals surface area (Å²) in [7, 11) is 1.62. The van der Waals surface area contributed by atoms with Crippen LogP contribution in [-0.2, 0) is 0 Å². The van der Waals surface area contributed by atoms with Crippen LogP contribution in [0.1, 0.15) is 32.1 Å². The Kier molecular flexibility index (Phi) is 6.70. The molecule has 1 saturated heterocycles. The third-order valence-electron chi connectivity index (χ3n) is 5.73. The molecule has 0 radical (unpaired) electrons. The van der Waals surface area contributed by atoms with Crippen LogP contribution < -0.4 is 14.9 Å². The number of methoxy groups -OCH3 is 1. The second kappa shape index (κ2) is 9.81. The van der Waals surface area contributed by atoms with Crippen molar-refractivity contribution in [2.24, 2.45) is 0 Å². The van der Waals surface area contributed by atoms with E-state index >= 15 is 0 Å². The topological polar surface area (TPSA) is 51.9 Å². The van der Waals surface area contributed by atoms with Crippen LogP contribution in [0.3, 0.4) is 0 Å². The van der Waals surface area contributed by atoms with Gasteiger partial charge in [0.2, 0.25) is 0 Å². The van der Waals surface area contributed by atoms with E-state index in [-0.39, 0.29) is 5.43 Å². The molecule has 1 aliphatic rings. The third-order valence-corrected chi connectivity index (χ3v) is 5.73. The van der Waals surface area contributed by atoms with Gasteiger partial charge in [0.25, 0.3) is 0 Å². The summed E-state index contributed by atoms with van der Waals surface area (Å²) in [6.07, 6.45) is 7.73. The number of nitrogens with zero attached hydrogens (tertiary/aromatic N) is 1. The monoisotopic (exact) mass is 407 g/mol. The van der Waals surface area contributed by atoms with Gasteiger partial charge < -0.3 is 18.8 Å². The molecule has 0 N–H and O–H groups in total. The number of benzene rings is 2. The van der Waals surface area contributed by atoms with Gasteiger partial charge in [-0.2, -0.15) is 0 Å². The quantitative estimate of drug-likeness (QED) is 0.486. The average Bonchev–Trinajstić information content (AvgIpc) is 2.80. The van der Waals surface area contributed by atoms with Crippen molar-refractivity contribution >= 4 is 11.0 Å². The minimum Gasteiger partial charge on any atom is -0.497 e. The zero-order valence-electron chi connectivity index (χ0n) is 17.6.